The number of benzene rings is 3. The van der Waals surface area contributed by atoms with Gasteiger partial charge in [-0.2, -0.15) is 5.21 Å². The van der Waals surface area contributed by atoms with E-state index < -0.39 is 17.0 Å². The van der Waals surface area contributed by atoms with Gasteiger partial charge in [0.25, 0.3) is 5.09 Å². The quantitative estimate of drug-likeness (QED) is 0.0570. The Bertz CT molecular complexity index is 1860. The summed E-state index contributed by atoms with van der Waals surface area (Å²) in [7, 11) is 0. The van der Waals surface area contributed by atoms with E-state index in [1.807, 2.05) is 53.1 Å². The fourth-order valence-electron chi connectivity index (χ4n) is 4.97. The highest BCUT2D eigenvalue weighted by atomic mass is 35.5. The van der Waals surface area contributed by atoms with E-state index in [9.17, 15) is 19.7 Å². The van der Waals surface area contributed by atoms with Gasteiger partial charge in [-0.15, -0.1) is 20.3 Å². The van der Waals surface area contributed by atoms with E-state index in [1.165, 1.54) is 12.1 Å². The summed E-state index contributed by atoms with van der Waals surface area (Å²) in [5, 5.41) is 24.2. The molecule has 0 bridgehead atoms. The molecule has 2 aromatic heterocycles. The predicted octanol–water partition coefficient (Wildman–Crippen LogP) is 5.91. The van der Waals surface area contributed by atoms with Gasteiger partial charge in [-0.25, -0.2) is 4.98 Å². The molecule has 0 aliphatic rings. The van der Waals surface area contributed by atoms with Gasteiger partial charge >= 0.3 is 11.9 Å². The SMILES string of the molecule is CCCCc1nc(Cl)c(COC(=O)CCC(=O)Oc2cccc(CO[N+](=O)[O-])c2)n1Cc1ccc(-c2ccccc2-c2nn[nH]n2)cc1. The monoisotopic (exact) mass is 673 g/mol. The summed E-state index contributed by atoms with van der Waals surface area (Å²) >= 11 is 6.56. The van der Waals surface area contributed by atoms with Crippen molar-refractivity contribution in [1.29, 1.82) is 0 Å². The molecule has 2 heterocycles. The Kier molecular flexibility index (Phi) is 11.4. The molecule has 0 atom stereocenters. The van der Waals surface area contributed by atoms with E-state index in [0.717, 1.165) is 40.9 Å². The third-order valence-corrected chi connectivity index (χ3v) is 7.65. The molecule has 0 fully saturated rings. The van der Waals surface area contributed by atoms with Crippen LogP contribution in [-0.2, 0) is 45.3 Å². The summed E-state index contributed by atoms with van der Waals surface area (Å²) in [6.07, 6.45) is 2.13. The number of nitrogens with zero attached hydrogens (tertiary/aromatic N) is 6. The van der Waals surface area contributed by atoms with Gasteiger partial charge in [0.15, 0.2) is 5.15 Å². The second kappa shape index (κ2) is 16.3. The van der Waals surface area contributed by atoms with Crippen molar-refractivity contribution in [2.75, 3.05) is 0 Å². The Morgan fingerprint density at radius 1 is 0.958 bits per heavy atom. The molecule has 0 saturated carbocycles. The number of halogens is 1. The summed E-state index contributed by atoms with van der Waals surface area (Å²) in [6, 6.07) is 22.0. The van der Waals surface area contributed by atoms with E-state index in [1.54, 1.807) is 12.1 Å². The van der Waals surface area contributed by atoms with Crippen LogP contribution in [0.2, 0.25) is 5.15 Å². The number of carbonyl (C=O) groups is 2. The first-order chi connectivity index (χ1) is 23.3. The lowest BCUT2D eigenvalue weighted by atomic mass is 9.98. The minimum absolute atomic E-state index is 0.125. The molecule has 0 aliphatic heterocycles. The van der Waals surface area contributed by atoms with Crippen LogP contribution in [0, 0.1) is 10.1 Å². The molecule has 5 rings (SSSR count). The minimum Gasteiger partial charge on any atom is -0.459 e. The van der Waals surface area contributed by atoms with Gasteiger partial charge in [-0.1, -0.05) is 85.6 Å². The van der Waals surface area contributed by atoms with Gasteiger partial charge in [0, 0.05) is 18.5 Å². The highest BCUT2D eigenvalue weighted by Crippen LogP contribution is 2.30. The zero-order valence-corrected chi connectivity index (χ0v) is 26.8. The van der Waals surface area contributed by atoms with E-state index in [2.05, 4.69) is 37.4 Å². The Labute approximate surface area is 280 Å². The highest BCUT2D eigenvalue weighted by molar-refractivity contribution is 6.30. The van der Waals surface area contributed by atoms with Crippen molar-refractivity contribution < 1.29 is 29.0 Å². The number of aryl methyl sites for hydroxylation is 1. The zero-order valence-electron chi connectivity index (χ0n) is 26.0. The highest BCUT2D eigenvalue weighted by Gasteiger charge is 2.19. The van der Waals surface area contributed by atoms with Gasteiger partial charge in [-0.3, -0.25) is 9.59 Å². The molecule has 248 valence electrons. The van der Waals surface area contributed by atoms with Crippen molar-refractivity contribution in [2.24, 2.45) is 0 Å². The summed E-state index contributed by atoms with van der Waals surface area (Å²) in [4.78, 5) is 44.3. The predicted molar refractivity (Wildman–Crippen MR) is 173 cm³/mol. The Balaban J connectivity index is 1.22. The lowest BCUT2D eigenvalue weighted by Crippen LogP contribution is -2.14. The standard InChI is InChI=1S/C33H32ClN7O7/c1-2-3-11-29-35-32(34)28(21-46-30(42)16-17-31(43)48-25-8-6-7-23(18-25)20-47-41(44)45)40(29)19-22-12-14-24(15-13-22)26-9-4-5-10-27(26)33-36-38-39-37-33/h4-10,12-15,18H,2-3,11,16-17,19-21H2,1H3,(H,36,37,38,39). The van der Waals surface area contributed by atoms with E-state index >= 15 is 0 Å². The Morgan fingerprint density at radius 2 is 1.73 bits per heavy atom. The molecule has 0 spiro atoms. The van der Waals surface area contributed by atoms with Crippen molar-refractivity contribution >= 4 is 23.5 Å². The fourth-order valence-corrected chi connectivity index (χ4v) is 5.22. The molecule has 15 heteroatoms. The first kappa shape index (κ1) is 33.7. The van der Waals surface area contributed by atoms with Crippen LogP contribution in [0.4, 0.5) is 0 Å². The van der Waals surface area contributed by atoms with Crippen molar-refractivity contribution in [3.05, 3.63) is 111 Å². The third kappa shape index (κ3) is 9.00. The van der Waals surface area contributed by atoms with Crippen LogP contribution in [0.1, 0.15) is 55.3 Å². The number of hydrogen-bond acceptors (Lipinski definition) is 11. The van der Waals surface area contributed by atoms with Crippen LogP contribution in [0.5, 0.6) is 5.75 Å². The zero-order chi connectivity index (χ0) is 33.9. The molecule has 0 amide bonds. The van der Waals surface area contributed by atoms with E-state index in [0.29, 0.717) is 30.0 Å². The maximum atomic E-state index is 12.6. The summed E-state index contributed by atoms with van der Waals surface area (Å²) in [5.41, 5.74) is 4.80. The van der Waals surface area contributed by atoms with Gasteiger partial charge < -0.3 is 18.9 Å². The number of aromatic amines is 1. The van der Waals surface area contributed by atoms with Gasteiger partial charge in [0.05, 0.1) is 18.5 Å². The number of carbonyl (C=O) groups excluding carboxylic acids is 2. The van der Waals surface area contributed by atoms with Crippen LogP contribution >= 0.6 is 11.6 Å². The van der Waals surface area contributed by atoms with Crippen LogP contribution in [-0.4, -0.2) is 47.2 Å². The summed E-state index contributed by atoms with van der Waals surface area (Å²) in [5.74, 6) is 0.203. The second-order valence-corrected chi connectivity index (χ2v) is 11.1. The number of esters is 2. The molecule has 0 aliphatic carbocycles. The van der Waals surface area contributed by atoms with Crippen LogP contribution in [0.15, 0.2) is 72.8 Å². The number of nitrogens with one attached hydrogen (secondary N) is 1. The maximum Gasteiger partial charge on any atom is 0.311 e. The maximum absolute atomic E-state index is 12.6. The summed E-state index contributed by atoms with van der Waals surface area (Å²) < 4.78 is 12.7. The van der Waals surface area contributed by atoms with Crippen LogP contribution < -0.4 is 4.74 Å². The number of ether oxygens (including phenoxy) is 2. The topological polar surface area (TPSA) is 177 Å². The largest absolute Gasteiger partial charge is 0.459 e. The van der Waals surface area contributed by atoms with Crippen molar-refractivity contribution in [3.8, 4) is 28.3 Å². The van der Waals surface area contributed by atoms with Gasteiger partial charge in [0.1, 0.15) is 24.8 Å². The summed E-state index contributed by atoms with van der Waals surface area (Å²) in [6.45, 7) is 2.14. The molecule has 14 nitrogen and oxygen atoms in total. The molecule has 0 saturated heterocycles. The lowest BCUT2D eigenvalue weighted by Gasteiger charge is -2.14. The molecule has 1 N–H and O–H groups in total. The van der Waals surface area contributed by atoms with Crippen molar-refractivity contribution in [3.63, 3.8) is 0 Å². The first-order valence-electron chi connectivity index (χ1n) is 15.2. The first-order valence-corrected chi connectivity index (χ1v) is 15.6. The average Bonchev–Trinajstić information content (AvgIpc) is 3.73. The fraction of sp³-hybridized carbons (Fsp3) is 0.273. The smallest absolute Gasteiger partial charge is 0.311 e. The third-order valence-electron chi connectivity index (χ3n) is 7.35. The number of H-pyrrole nitrogens is 1. The average molecular weight is 674 g/mol. The van der Waals surface area contributed by atoms with Crippen molar-refractivity contribution in [1.82, 2.24) is 30.2 Å². The van der Waals surface area contributed by atoms with E-state index in [4.69, 9.17) is 21.1 Å². The lowest BCUT2D eigenvalue weighted by molar-refractivity contribution is -0.763. The number of unbranched alkanes of at least 4 members (excludes halogenated alkanes) is 1. The molecular weight excluding hydrogens is 642 g/mol. The number of hydrogen-bond donors (Lipinski definition) is 1. The molecule has 0 unspecified atom stereocenters. The van der Waals surface area contributed by atoms with Gasteiger partial charge in [0.2, 0.25) is 5.82 Å². The van der Waals surface area contributed by atoms with Gasteiger partial charge in [-0.05, 0) is 46.0 Å². The normalized spacial score (nSPS) is 10.9. The Morgan fingerprint density at radius 3 is 2.46 bits per heavy atom. The molecular formula is C33H32ClN7O7. The second-order valence-electron chi connectivity index (χ2n) is 10.7. The van der Waals surface area contributed by atoms with Crippen molar-refractivity contribution in [2.45, 2.75) is 58.8 Å². The van der Waals surface area contributed by atoms with Crippen LogP contribution in [0.3, 0.4) is 0 Å². The Hall–Kier alpha value is -5.63. The number of aromatic nitrogens is 6. The molecule has 48 heavy (non-hydrogen) atoms. The number of rotatable bonds is 16. The molecule has 5 aromatic rings. The molecule has 3 aromatic carbocycles. The number of tetrazole rings is 1. The molecule has 0 radical (unpaired) electrons. The minimum atomic E-state index is -0.908. The number of imidazole rings is 1. The van der Waals surface area contributed by atoms with Crippen LogP contribution in [0.25, 0.3) is 22.5 Å². The van der Waals surface area contributed by atoms with E-state index in [-0.39, 0.29) is 37.0 Å².